The predicted octanol–water partition coefficient (Wildman–Crippen LogP) is 3.20. The Morgan fingerprint density at radius 2 is 2.21 bits per heavy atom. The molecule has 2 nitrogen and oxygen atoms in total. The fourth-order valence-electron chi connectivity index (χ4n) is 2.72. The van der Waals surface area contributed by atoms with Crippen LogP contribution in [0, 0.1) is 5.82 Å². The van der Waals surface area contributed by atoms with Gasteiger partial charge in [-0.2, -0.15) is 0 Å². The quantitative estimate of drug-likeness (QED) is 0.931. The van der Waals surface area contributed by atoms with Gasteiger partial charge in [-0.3, -0.25) is 4.90 Å². The number of aliphatic hydroxyl groups excluding tert-OH is 1. The van der Waals surface area contributed by atoms with Crippen molar-refractivity contribution in [1.82, 2.24) is 4.90 Å². The Bertz CT molecular complexity index is 543. The fraction of sp³-hybridized carbons (Fsp3) is 0.333. The van der Waals surface area contributed by atoms with Crippen LogP contribution in [0.3, 0.4) is 0 Å². The Morgan fingerprint density at radius 3 is 2.95 bits per heavy atom. The average Bonchev–Trinajstić information content (AvgIpc) is 3.00. The van der Waals surface area contributed by atoms with E-state index in [1.165, 1.54) is 10.9 Å². The van der Waals surface area contributed by atoms with Crippen molar-refractivity contribution in [2.45, 2.75) is 25.1 Å². The molecule has 1 aliphatic rings. The molecule has 0 spiro atoms. The lowest BCUT2D eigenvalue weighted by atomic mass is 10.0. The number of nitrogens with zero attached hydrogens (tertiary/aromatic N) is 1. The molecule has 1 aromatic carbocycles. The van der Waals surface area contributed by atoms with E-state index in [1.54, 1.807) is 23.5 Å². The first-order valence-corrected chi connectivity index (χ1v) is 7.30. The molecule has 19 heavy (non-hydrogen) atoms. The van der Waals surface area contributed by atoms with Crippen LogP contribution >= 0.6 is 11.3 Å². The number of β-amino-alcohol motifs (C(OH)–C–C–N with tert-alkyl or cyclic N) is 1. The first kappa shape index (κ1) is 12.8. The lowest BCUT2D eigenvalue weighted by Gasteiger charge is -2.23. The van der Waals surface area contributed by atoms with Crippen LogP contribution in [0.25, 0.3) is 0 Å². The van der Waals surface area contributed by atoms with Crippen molar-refractivity contribution in [2.75, 3.05) is 6.54 Å². The van der Waals surface area contributed by atoms with Gasteiger partial charge in [0.2, 0.25) is 0 Å². The van der Waals surface area contributed by atoms with Gasteiger partial charge in [0.1, 0.15) is 5.82 Å². The smallest absolute Gasteiger partial charge is 0.123 e. The van der Waals surface area contributed by atoms with E-state index in [0.717, 1.165) is 12.1 Å². The molecule has 0 saturated carbocycles. The summed E-state index contributed by atoms with van der Waals surface area (Å²) in [5.74, 6) is -0.213. The average molecular weight is 277 g/mol. The summed E-state index contributed by atoms with van der Waals surface area (Å²) >= 11 is 1.71. The lowest BCUT2D eigenvalue weighted by molar-refractivity contribution is 0.173. The van der Waals surface area contributed by atoms with Crippen LogP contribution in [0.5, 0.6) is 0 Å². The number of halogens is 1. The molecule has 4 heteroatoms. The van der Waals surface area contributed by atoms with Crippen molar-refractivity contribution in [2.24, 2.45) is 0 Å². The summed E-state index contributed by atoms with van der Waals surface area (Å²) < 4.78 is 13.3. The molecular formula is C15H16FNOS. The molecule has 0 bridgehead atoms. The highest BCUT2D eigenvalue weighted by Gasteiger charge is 2.32. The molecule has 1 N–H and O–H groups in total. The van der Waals surface area contributed by atoms with Gasteiger partial charge < -0.3 is 5.11 Å². The zero-order valence-corrected chi connectivity index (χ0v) is 11.3. The van der Waals surface area contributed by atoms with Gasteiger partial charge in [-0.1, -0.05) is 18.2 Å². The fourth-order valence-corrected chi connectivity index (χ4v) is 3.45. The maximum atomic E-state index is 13.3. The number of hydrogen-bond donors (Lipinski definition) is 1. The van der Waals surface area contributed by atoms with Gasteiger partial charge >= 0.3 is 0 Å². The third-order valence-electron chi connectivity index (χ3n) is 3.55. The minimum absolute atomic E-state index is 0.104. The summed E-state index contributed by atoms with van der Waals surface area (Å²) in [5.41, 5.74) is 0.952. The van der Waals surface area contributed by atoms with E-state index in [2.05, 4.69) is 16.3 Å². The Hall–Kier alpha value is -1.23. The second-order valence-electron chi connectivity index (χ2n) is 4.97. The molecule has 0 amide bonds. The summed E-state index contributed by atoms with van der Waals surface area (Å²) in [5, 5.41) is 12.0. The summed E-state index contributed by atoms with van der Waals surface area (Å²) in [7, 11) is 0. The highest BCUT2D eigenvalue weighted by atomic mass is 32.1. The van der Waals surface area contributed by atoms with Crippen LogP contribution in [0.2, 0.25) is 0 Å². The summed E-state index contributed by atoms with van der Waals surface area (Å²) in [6.07, 6.45) is 0.350. The van der Waals surface area contributed by atoms with Crippen LogP contribution < -0.4 is 0 Å². The maximum Gasteiger partial charge on any atom is 0.123 e. The zero-order valence-electron chi connectivity index (χ0n) is 10.5. The molecule has 0 aliphatic carbocycles. The van der Waals surface area contributed by atoms with E-state index in [4.69, 9.17) is 0 Å². The van der Waals surface area contributed by atoms with Gasteiger partial charge in [-0.25, -0.2) is 4.39 Å². The van der Waals surface area contributed by atoms with E-state index >= 15 is 0 Å². The number of aliphatic hydroxyl groups is 1. The van der Waals surface area contributed by atoms with Crippen LogP contribution in [-0.2, 0) is 6.54 Å². The maximum absolute atomic E-state index is 13.3. The monoisotopic (exact) mass is 277 g/mol. The van der Waals surface area contributed by atoms with Crippen molar-refractivity contribution in [3.05, 3.63) is 58.0 Å². The van der Waals surface area contributed by atoms with Crippen molar-refractivity contribution in [1.29, 1.82) is 0 Å². The van der Waals surface area contributed by atoms with E-state index in [1.807, 2.05) is 12.1 Å². The molecule has 2 heterocycles. The van der Waals surface area contributed by atoms with Crippen LogP contribution in [0.1, 0.15) is 22.9 Å². The number of thiophene rings is 1. The Labute approximate surface area is 116 Å². The lowest BCUT2D eigenvalue weighted by Crippen LogP contribution is -2.23. The normalized spacial score (nSPS) is 23.9. The predicted molar refractivity (Wildman–Crippen MR) is 74.5 cm³/mol. The molecule has 1 aromatic heterocycles. The van der Waals surface area contributed by atoms with E-state index in [9.17, 15) is 9.50 Å². The molecule has 1 saturated heterocycles. The largest absolute Gasteiger partial charge is 0.392 e. The van der Waals surface area contributed by atoms with Crippen LogP contribution in [0.4, 0.5) is 4.39 Å². The minimum Gasteiger partial charge on any atom is -0.392 e. The number of likely N-dealkylation sites (tertiary alicyclic amines) is 1. The van der Waals surface area contributed by atoms with Crippen LogP contribution in [-0.4, -0.2) is 22.7 Å². The second-order valence-corrected chi connectivity index (χ2v) is 6.00. The molecular weight excluding hydrogens is 261 g/mol. The molecule has 2 aromatic rings. The first-order chi connectivity index (χ1) is 9.22. The van der Waals surface area contributed by atoms with E-state index < -0.39 is 0 Å². The van der Waals surface area contributed by atoms with Gasteiger partial charge in [0.15, 0.2) is 0 Å². The third kappa shape index (κ3) is 2.86. The molecule has 2 unspecified atom stereocenters. The second kappa shape index (κ2) is 5.41. The Balaban J connectivity index is 1.82. The summed E-state index contributed by atoms with van der Waals surface area (Å²) in [4.78, 5) is 3.50. The van der Waals surface area contributed by atoms with Crippen molar-refractivity contribution >= 4 is 11.3 Å². The zero-order chi connectivity index (χ0) is 13.2. The topological polar surface area (TPSA) is 23.5 Å². The SMILES string of the molecule is OC1CC(c2cccc(F)c2)N(Cc2cccs2)C1. The Morgan fingerprint density at radius 1 is 1.32 bits per heavy atom. The molecule has 1 aliphatic heterocycles. The van der Waals surface area contributed by atoms with Gasteiger partial charge in [0.05, 0.1) is 6.10 Å². The highest BCUT2D eigenvalue weighted by Crippen LogP contribution is 2.34. The van der Waals surface area contributed by atoms with Crippen molar-refractivity contribution in [3.8, 4) is 0 Å². The summed E-state index contributed by atoms with van der Waals surface area (Å²) in [6.45, 7) is 1.47. The summed E-state index contributed by atoms with van der Waals surface area (Å²) in [6, 6.07) is 10.9. The van der Waals surface area contributed by atoms with E-state index in [-0.39, 0.29) is 18.0 Å². The third-order valence-corrected chi connectivity index (χ3v) is 4.41. The van der Waals surface area contributed by atoms with Gasteiger partial charge in [0, 0.05) is 24.0 Å². The molecule has 1 fully saturated rings. The number of benzene rings is 1. The van der Waals surface area contributed by atoms with Crippen molar-refractivity contribution in [3.63, 3.8) is 0 Å². The highest BCUT2D eigenvalue weighted by molar-refractivity contribution is 7.09. The first-order valence-electron chi connectivity index (χ1n) is 6.42. The molecule has 2 atom stereocenters. The van der Waals surface area contributed by atoms with Crippen molar-refractivity contribution < 1.29 is 9.50 Å². The van der Waals surface area contributed by atoms with Crippen LogP contribution in [0.15, 0.2) is 41.8 Å². The van der Waals surface area contributed by atoms with Gasteiger partial charge in [-0.15, -0.1) is 11.3 Å². The molecule has 0 radical (unpaired) electrons. The van der Waals surface area contributed by atoms with E-state index in [0.29, 0.717) is 13.0 Å². The number of hydrogen-bond acceptors (Lipinski definition) is 3. The van der Waals surface area contributed by atoms with Gasteiger partial charge in [0.25, 0.3) is 0 Å². The number of rotatable bonds is 3. The minimum atomic E-state index is -0.326. The standard InChI is InChI=1S/C15H16FNOS/c16-12-4-1-3-11(7-12)15-8-13(18)9-17(15)10-14-5-2-6-19-14/h1-7,13,15,18H,8-10H2. The molecule has 3 rings (SSSR count). The molecule has 100 valence electrons. The Kier molecular flexibility index (Phi) is 3.64. The van der Waals surface area contributed by atoms with Gasteiger partial charge in [-0.05, 0) is 35.6 Å².